The molecule has 1 aromatic carbocycles. The normalized spacial score (nSPS) is 17.2. The number of hydrogen-bond acceptors (Lipinski definition) is 8. The monoisotopic (exact) mass is 375 g/mol. The molecule has 2 heterocycles. The molecule has 0 amide bonds. The highest BCUT2D eigenvalue weighted by atomic mass is 19.4. The number of aromatic nitrogens is 2. The van der Waals surface area contributed by atoms with Crippen molar-refractivity contribution >= 4 is 17.3 Å². The van der Waals surface area contributed by atoms with Crippen LogP contribution in [0, 0.1) is 5.82 Å². The predicted molar refractivity (Wildman–Crippen MR) is 80.6 cm³/mol. The highest BCUT2D eigenvalue weighted by Gasteiger charge is 2.38. The Balaban J connectivity index is 1.99. The Morgan fingerprint density at radius 2 is 2.08 bits per heavy atom. The van der Waals surface area contributed by atoms with Gasteiger partial charge < -0.3 is 15.3 Å². The zero-order chi connectivity index (χ0) is 18.9. The fourth-order valence-corrected chi connectivity index (χ4v) is 2.27. The van der Waals surface area contributed by atoms with Crippen molar-refractivity contribution in [3.8, 4) is 0 Å². The maximum atomic E-state index is 13.5. The third-order valence-electron chi connectivity index (χ3n) is 3.46. The first-order valence-electron chi connectivity index (χ1n) is 7.47. The van der Waals surface area contributed by atoms with E-state index >= 15 is 0 Å². The van der Waals surface area contributed by atoms with E-state index in [2.05, 4.69) is 25.4 Å². The van der Waals surface area contributed by atoms with Crippen molar-refractivity contribution in [2.75, 3.05) is 16.8 Å². The summed E-state index contributed by atoms with van der Waals surface area (Å²) in [7, 11) is 0. The summed E-state index contributed by atoms with van der Waals surface area (Å²) in [6.07, 6.45) is -5.88. The predicted octanol–water partition coefficient (Wildman–Crippen LogP) is 2.52. The fourth-order valence-electron chi connectivity index (χ4n) is 2.27. The zero-order valence-electron chi connectivity index (χ0n) is 13.3. The Bertz CT molecular complexity index is 823. The van der Waals surface area contributed by atoms with Gasteiger partial charge in [0, 0.05) is 12.2 Å². The van der Waals surface area contributed by atoms with Gasteiger partial charge in [-0.1, -0.05) is 12.1 Å². The van der Waals surface area contributed by atoms with Crippen molar-refractivity contribution in [2.45, 2.75) is 25.9 Å². The second kappa shape index (κ2) is 6.78. The van der Waals surface area contributed by atoms with Crippen LogP contribution in [0.2, 0.25) is 0 Å². The van der Waals surface area contributed by atoms with Gasteiger partial charge in [0.2, 0.25) is 11.7 Å². The van der Waals surface area contributed by atoms with Crippen molar-refractivity contribution in [1.29, 1.82) is 0 Å². The second-order valence-corrected chi connectivity index (χ2v) is 5.27. The van der Waals surface area contributed by atoms with Crippen molar-refractivity contribution in [2.24, 2.45) is 5.16 Å². The van der Waals surface area contributed by atoms with Gasteiger partial charge in [0.15, 0.2) is 5.69 Å². The van der Waals surface area contributed by atoms with Crippen molar-refractivity contribution in [3.05, 3.63) is 35.3 Å². The number of aliphatic hydroxyl groups excluding tert-OH is 1. The molecule has 1 aromatic heterocycles. The summed E-state index contributed by atoms with van der Waals surface area (Å²) < 4.78 is 57.0. The minimum Gasteiger partial charge on any atom is -0.365 e. The molecule has 0 bridgehead atoms. The third-order valence-corrected chi connectivity index (χ3v) is 3.46. The molecular formula is C14H13F4N5O3. The summed E-state index contributed by atoms with van der Waals surface area (Å²) >= 11 is 0. The van der Waals surface area contributed by atoms with Gasteiger partial charge >= 0.3 is 12.6 Å². The standard InChI is InChI=1S/C14H13F4N5O3/c1-2-5-19-11-10(20-26-21-11)12-22-25-13(24)23(12)7-3-4-9(15)8(6-7)14(16,17)18/h3-4,6,13,24H,2,5H2,1H3,(H,19,21). The molecule has 0 spiro atoms. The van der Waals surface area contributed by atoms with Gasteiger partial charge in [-0.25, -0.2) is 9.02 Å². The van der Waals surface area contributed by atoms with Gasteiger partial charge in [-0.2, -0.15) is 13.2 Å². The number of rotatable bonds is 5. The molecule has 0 radical (unpaired) electrons. The maximum absolute atomic E-state index is 13.5. The second-order valence-electron chi connectivity index (χ2n) is 5.27. The van der Waals surface area contributed by atoms with Gasteiger partial charge in [-0.05, 0) is 34.9 Å². The molecule has 0 saturated heterocycles. The number of halogens is 4. The Labute approximate surface area is 144 Å². The SMILES string of the molecule is CCCNc1nonc1C1=NOC(O)N1c1ccc(F)c(C(F)(F)F)c1. The van der Waals surface area contributed by atoms with E-state index in [0.29, 0.717) is 18.7 Å². The molecule has 1 aliphatic rings. The van der Waals surface area contributed by atoms with E-state index < -0.39 is 24.0 Å². The van der Waals surface area contributed by atoms with Crippen LogP contribution < -0.4 is 10.2 Å². The lowest BCUT2D eigenvalue weighted by Crippen LogP contribution is -2.37. The van der Waals surface area contributed by atoms with Crippen LogP contribution in [-0.2, 0) is 11.0 Å². The highest BCUT2D eigenvalue weighted by molar-refractivity contribution is 6.11. The van der Waals surface area contributed by atoms with Crippen molar-refractivity contribution in [3.63, 3.8) is 0 Å². The van der Waals surface area contributed by atoms with Crippen LogP contribution in [0.4, 0.5) is 29.1 Å². The van der Waals surface area contributed by atoms with Crippen LogP contribution in [0.15, 0.2) is 28.0 Å². The minimum absolute atomic E-state index is 0.0212. The lowest BCUT2D eigenvalue weighted by molar-refractivity contribution is -0.140. The van der Waals surface area contributed by atoms with E-state index in [0.717, 1.165) is 17.4 Å². The molecular weight excluding hydrogens is 362 g/mol. The maximum Gasteiger partial charge on any atom is 0.419 e. The van der Waals surface area contributed by atoms with Gasteiger partial charge in [0.05, 0.1) is 5.56 Å². The molecule has 0 saturated carbocycles. The number of anilines is 2. The van der Waals surface area contributed by atoms with E-state index in [-0.39, 0.29) is 23.0 Å². The third kappa shape index (κ3) is 3.27. The van der Waals surface area contributed by atoms with Gasteiger partial charge in [-0.15, -0.1) is 0 Å². The smallest absolute Gasteiger partial charge is 0.365 e. The number of nitrogens with one attached hydrogen (secondary N) is 1. The number of amidine groups is 1. The molecule has 1 atom stereocenters. The molecule has 8 nitrogen and oxygen atoms in total. The first kappa shape index (κ1) is 17.9. The Hall–Kier alpha value is -2.89. The molecule has 12 heteroatoms. The molecule has 0 fully saturated rings. The highest BCUT2D eigenvalue weighted by Crippen LogP contribution is 2.35. The van der Waals surface area contributed by atoms with Crippen LogP contribution >= 0.6 is 0 Å². The number of oxime groups is 1. The molecule has 2 aromatic rings. The van der Waals surface area contributed by atoms with Crippen LogP contribution in [0.3, 0.4) is 0 Å². The van der Waals surface area contributed by atoms with Crippen LogP contribution in [-0.4, -0.2) is 34.2 Å². The average Bonchev–Trinajstić information content (AvgIpc) is 3.18. The minimum atomic E-state index is -4.91. The number of hydrogen-bond donors (Lipinski definition) is 2. The fraction of sp³-hybridized carbons (Fsp3) is 0.357. The topological polar surface area (TPSA) is 96.0 Å². The van der Waals surface area contributed by atoms with Crippen molar-refractivity contribution < 1.29 is 32.1 Å². The summed E-state index contributed by atoms with van der Waals surface area (Å²) in [5.41, 5.74) is -1.67. The lowest BCUT2D eigenvalue weighted by Gasteiger charge is -2.22. The average molecular weight is 375 g/mol. The molecule has 3 rings (SSSR count). The molecule has 2 N–H and O–H groups in total. The first-order chi connectivity index (χ1) is 12.3. The Kier molecular flexibility index (Phi) is 4.68. The summed E-state index contributed by atoms with van der Waals surface area (Å²) in [4.78, 5) is 5.64. The summed E-state index contributed by atoms with van der Waals surface area (Å²) in [6.45, 7) is 2.43. The Morgan fingerprint density at radius 1 is 1.31 bits per heavy atom. The number of benzene rings is 1. The van der Waals surface area contributed by atoms with Crippen LogP contribution in [0.5, 0.6) is 0 Å². The van der Waals surface area contributed by atoms with Crippen molar-refractivity contribution in [1.82, 2.24) is 10.3 Å². The lowest BCUT2D eigenvalue weighted by atomic mass is 10.1. The molecule has 0 aliphatic carbocycles. The summed E-state index contributed by atoms with van der Waals surface area (Å²) in [5.74, 6) is -1.41. The largest absolute Gasteiger partial charge is 0.419 e. The van der Waals surface area contributed by atoms with E-state index in [1.54, 1.807) is 0 Å². The van der Waals surface area contributed by atoms with Gasteiger partial charge in [0.25, 0.3) is 0 Å². The summed E-state index contributed by atoms with van der Waals surface area (Å²) in [5, 5.41) is 23.8. The molecule has 26 heavy (non-hydrogen) atoms. The van der Waals surface area contributed by atoms with Crippen LogP contribution in [0.25, 0.3) is 0 Å². The Morgan fingerprint density at radius 3 is 2.77 bits per heavy atom. The van der Waals surface area contributed by atoms with E-state index in [4.69, 9.17) is 4.84 Å². The van der Waals surface area contributed by atoms with Crippen LogP contribution in [0.1, 0.15) is 24.6 Å². The van der Waals surface area contributed by atoms with Gasteiger partial charge in [0.1, 0.15) is 5.82 Å². The first-order valence-corrected chi connectivity index (χ1v) is 7.47. The molecule has 1 unspecified atom stereocenters. The van der Waals surface area contributed by atoms with Gasteiger partial charge in [-0.3, -0.25) is 4.90 Å². The van der Waals surface area contributed by atoms with E-state index in [9.17, 15) is 22.7 Å². The summed E-state index contributed by atoms with van der Waals surface area (Å²) in [6, 6.07) is 2.22. The molecule has 140 valence electrons. The quantitative estimate of drug-likeness (QED) is 0.776. The number of aliphatic hydroxyl groups is 1. The van der Waals surface area contributed by atoms with E-state index in [1.807, 2.05) is 6.92 Å². The number of nitrogens with zero attached hydrogens (tertiary/aromatic N) is 4. The zero-order valence-corrected chi connectivity index (χ0v) is 13.3. The van der Waals surface area contributed by atoms with E-state index in [1.165, 1.54) is 0 Å². The number of alkyl halides is 3. The molecule has 1 aliphatic heterocycles.